The average molecular weight is 424 g/mol. The molecule has 0 bridgehead atoms. The van der Waals surface area contributed by atoms with Crippen LogP contribution in [0.2, 0.25) is 0 Å². The lowest BCUT2D eigenvalue weighted by Gasteiger charge is -2.28. The highest BCUT2D eigenvalue weighted by atomic mass is 16.5. The fourth-order valence-corrected chi connectivity index (χ4v) is 4.27. The largest absolute Gasteiger partial charge is 0.381 e. The van der Waals surface area contributed by atoms with Gasteiger partial charge in [0.05, 0.1) is 11.6 Å². The Hall–Kier alpha value is -2.51. The van der Waals surface area contributed by atoms with E-state index in [2.05, 4.69) is 27.9 Å². The van der Waals surface area contributed by atoms with E-state index in [0.29, 0.717) is 17.8 Å². The summed E-state index contributed by atoms with van der Waals surface area (Å²) in [6.07, 6.45) is 6.97. The van der Waals surface area contributed by atoms with E-state index < -0.39 is 0 Å². The molecule has 2 aliphatic rings. The Labute approximate surface area is 184 Å². The Morgan fingerprint density at radius 3 is 2.81 bits per heavy atom. The number of nitrogens with zero attached hydrogens (tertiary/aromatic N) is 2. The van der Waals surface area contributed by atoms with Crippen molar-refractivity contribution in [1.29, 1.82) is 0 Å². The van der Waals surface area contributed by atoms with Gasteiger partial charge in [-0.25, -0.2) is 9.97 Å². The van der Waals surface area contributed by atoms with Crippen molar-refractivity contribution in [2.24, 2.45) is 11.8 Å². The van der Waals surface area contributed by atoms with Crippen LogP contribution in [0.25, 0.3) is 11.3 Å². The highest BCUT2D eigenvalue weighted by Gasteiger charge is 2.25. The van der Waals surface area contributed by atoms with Gasteiger partial charge < -0.3 is 20.7 Å². The number of carbonyl (C=O) groups excluding carboxylic acids is 1. The van der Waals surface area contributed by atoms with Crippen LogP contribution < -0.4 is 16.0 Å². The maximum atomic E-state index is 12.7. The van der Waals surface area contributed by atoms with Crippen molar-refractivity contribution in [2.45, 2.75) is 45.1 Å². The number of anilines is 2. The Kier molecular flexibility index (Phi) is 7.48. The van der Waals surface area contributed by atoms with E-state index in [1.165, 1.54) is 0 Å². The SMILES string of the molecule is CC[C@H]1CC[C@H](C(=O)Nc2cc(-c3cccc(NCC4CCOCC4)n3)ccn2)CN1. The molecular weight excluding hydrogens is 390 g/mol. The second kappa shape index (κ2) is 10.7. The quantitative estimate of drug-likeness (QED) is 0.629. The van der Waals surface area contributed by atoms with E-state index in [4.69, 9.17) is 9.72 Å². The molecule has 0 radical (unpaired) electrons. The summed E-state index contributed by atoms with van der Waals surface area (Å²) in [5.74, 6) is 2.09. The first-order chi connectivity index (χ1) is 15.2. The van der Waals surface area contributed by atoms with Gasteiger partial charge in [0, 0.05) is 44.1 Å². The predicted molar refractivity (Wildman–Crippen MR) is 123 cm³/mol. The number of carbonyl (C=O) groups is 1. The van der Waals surface area contributed by atoms with Gasteiger partial charge in [0.25, 0.3) is 0 Å². The lowest BCUT2D eigenvalue weighted by atomic mass is 9.93. The average Bonchev–Trinajstić information content (AvgIpc) is 2.84. The third-order valence-corrected chi connectivity index (χ3v) is 6.35. The Morgan fingerprint density at radius 2 is 2.03 bits per heavy atom. The lowest BCUT2D eigenvalue weighted by molar-refractivity contribution is -0.120. The van der Waals surface area contributed by atoms with Gasteiger partial charge in [-0.1, -0.05) is 13.0 Å². The maximum Gasteiger partial charge on any atom is 0.229 e. The van der Waals surface area contributed by atoms with Crippen molar-refractivity contribution in [3.8, 4) is 11.3 Å². The predicted octanol–water partition coefficient (Wildman–Crippen LogP) is 3.70. The molecule has 4 heterocycles. The highest BCUT2D eigenvalue weighted by Crippen LogP contribution is 2.23. The zero-order valence-electron chi connectivity index (χ0n) is 18.3. The van der Waals surface area contributed by atoms with E-state index in [-0.39, 0.29) is 11.8 Å². The van der Waals surface area contributed by atoms with Crippen LogP contribution in [-0.4, -0.2) is 48.2 Å². The molecular formula is C24H33N5O2. The third kappa shape index (κ3) is 6.02. The molecule has 0 saturated carbocycles. The number of hydrogen-bond acceptors (Lipinski definition) is 6. The number of nitrogens with one attached hydrogen (secondary N) is 3. The van der Waals surface area contributed by atoms with Gasteiger partial charge in [-0.05, 0) is 62.3 Å². The minimum absolute atomic E-state index is 0.0101. The molecule has 3 N–H and O–H groups in total. The van der Waals surface area contributed by atoms with E-state index >= 15 is 0 Å². The monoisotopic (exact) mass is 423 g/mol. The number of pyridine rings is 2. The summed E-state index contributed by atoms with van der Waals surface area (Å²) in [6, 6.07) is 10.3. The Balaban J connectivity index is 1.37. The van der Waals surface area contributed by atoms with Gasteiger partial charge >= 0.3 is 0 Å². The van der Waals surface area contributed by atoms with Crippen molar-refractivity contribution in [1.82, 2.24) is 15.3 Å². The molecule has 2 atom stereocenters. The van der Waals surface area contributed by atoms with Gasteiger partial charge in [0.15, 0.2) is 0 Å². The van der Waals surface area contributed by atoms with E-state index in [0.717, 1.165) is 75.5 Å². The first kappa shape index (κ1) is 21.7. The summed E-state index contributed by atoms with van der Waals surface area (Å²) in [5, 5.41) is 9.92. The van der Waals surface area contributed by atoms with Crippen molar-refractivity contribution in [3.63, 3.8) is 0 Å². The van der Waals surface area contributed by atoms with Crippen LogP contribution in [0.1, 0.15) is 39.0 Å². The number of piperidine rings is 1. The van der Waals surface area contributed by atoms with Crippen LogP contribution in [0.5, 0.6) is 0 Å². The van der Waals surface area contributed by atoms with Gasteiger partial charge in [0.1, 0.15) is 11.6 Å². The standard InChI is InChI=1S/C24H33N5O2/c1-2-20-7-6-19(16-26-20)24(30)29-23-14-18(8-11-25-23)21-4-3-5-22(28-21)27-15-17-9-12-31-13-10-17/h3-5,8,11,14,17,19-20,26H,2,6-7,9-10,12-13,15-16H2,1H3,(H,27,28)(H,25,29,30)/t19-,20-/m0/s1. The maximum absolute atomic E-state index is 12.7. The smallest absolute Gasteiger partial charge is 0.229 e. The molecule has 2 fully saturated rings. The number of hydrogen-bond donors (Lipinski definition) is 3. The summed E-state index contributed by atoms with van der Waals surface area (Å²) in [5.41, 5.74) is 1.80. The first-order valence-corrected chi connectivity index (χ1v) is 11.5. The molecule has 2 aromatic rings. The van der Waals surface area contributed by atoms with Crippen LogP contribution in [0.15, 0.2) is 36.5 Å². The molecule has 7 nitrogen and oxygen atoms in total. The van der Waals surface area contributed by atoms with E-state index in [1.807, 2.05) is 30.3 Å². The zero-order valence-corrected chi connectivity index (χ0v) is 18.3. The molecule has 7 heteroatoms. The highest BCUT2D eigenvalue weighted by molar-refractivity contribution is 5.92. The van der Waals surface area contributed by atoms with Gasteiger partial charge in [0.2, 0.25) is 5.91 Å². The van der Waals surface area contributed by atoms with Crippen molar-refractivity contribution in [2.75, 3.05) is 36.9 Å². The number of aromatic nitrogens is 2. The molecule has 2 aliphatic heterocycles. The van der Waals surface area contributed by atoms with Crippen LogP contribution in [0, 0.1) is 11.8 Å². The second-order valence-corrected chi connectivity index (χ2v) is 8.55. The molecule has 2 saturated heterocycles. The second-order valence-electron chi connectivity index (χ2n) is 8.55. The molecule has 1 amide bonds. The minimum Gasteiger partial charge on any atom is -0.381 e. The van der Waals surface area contributed by atoms with Crippen molar-refractivity contribution < 1.29 is 9.53 Å². The number of ether oxygens (including phenoxy) is 1. The summed E-state index contributed by atoms with van der Waals surface area (Å²) < 4.78 is 5.43. The van der Waals surface area contributed by atoms with Gasteiger partial charge in [-0.2, -0.15) is 0 Å². The summed E-state index contributed by atoms with van der Waals surface area (Å²) >= 11 is 0. The molecule has 0 aromatic carbocycles. The normalized spacial score (nSPS) is 22.1. The number of amides is 1. The minimum atomic E-state index is -0.0101. The topological polar surface area (TPSA) is 88.2 Å². The lowest BCUT2D eigenvalue weighted by Crippen LogP contribution is -2.43. The van der Waals surface area contributed by atoms with E-state index in [1.54, 1.807) is 6.20 Å². The molecule has 0 unspecified atom stereocenters. The molecule has 2 aromatic heterocycles. The molecule has 31 heavy (non-hydrogen) atoms. The molecule has 4 rings (SSSR count). The fourth-order valence-electron chi connectivity index (χ4n) is 4.27. The van der Waals surface area contributed by atoms with Crippen LogP contribution in [-0.2, 0) is 9.53 Å². The van der Waals surface area contributed by atoms with Crippen LogP contribution >= 0.6 is 0 Å². The fraction of sp³-hybridized carbons (Fsp3) is 0.542. The van der Waals surface area contributed by atoms with E-state index in [9.17, 15) is 4.79 Å². The van der Waals surface area contributed by atoms with Crippen molar-refractivity contribution in [3.05, 3.63) is 36.5 Å². The molecule has 0 spiro atoms. The Bertz CT molecular complexity index is 861. The Morgan fingerprint density at radius 1 is 1.16 bits per heavy atom. The zero-order chi connectivity index (χ0) is 21.5. The molecule has 0 aliphatic carbocycles. The summed E-state index contributed by atoms with van der Waals surface area (Å²) in [7, 11) is 0. The van der Waals surface area contributed by atoms with Crippen LogP contribution in [0.4, 0.5) is 11.6 Å². The molecule has 166 valence electrons. The van der Waals surface area contributed by atoms with Crippen molar-refractivity contribution >= 4 is 17.5 Å². The van der Waals surface area contributed by atoms with Gasteiger partial charge in [-0.15, -0.1) is 0 Å². The summed E-state index contributed by atoms with van der Waals surface area (Å²) in [6.45, 7) is 5.51. The first-order valence-electron chi connectivity index (χ1n) is 11.5. The summed E-state index contributed by atoms with van der Waals surface area (Å²) in [4.78, 5) is 21.8. The third-order valence-electron chi connectivity index (χ3n) is 6.35. The number of rotatable bonds is 7. The van der Waals surface area contributed by atoms with Gasteiger partial charge in [-0.3, -0.25) is 4.79 Å². The van der Waals surface area contributed by atoms with Crippen LogP contribution in [0.3, 0.4) is 0 Å².